The first kappa shape index (κ1) is 27.2. The Labute approximate surface area is 173 Å². The number of hydrogen-bond acceptors (Lipinski definition) is 7. The zero-order chi connectivity index (χ0) is 21.1. The second-order valence-electron chi connectivity index (χ2n) is 8.00. The van der Waals surface area contributed by atoms with Crippen molar-refractivity contribution in [2.75, 3.05) is 39.8 Å². The van der Waals surface area contributed by atoms with Gasteiger partial charge in [0.05, 0.1) is 13.2 Å². The third-order valence-corrected chi connectivity index (χ3v) is 7.49. The SMILES string of the molecule is CC(C)N(C(C)C)P(OCOCCSC(=O)CN(C)C)N(C(C)C)C(C)C. The molecule has 0 rings (SSSR count). The van der Waals surface area contributed by atoms with Crippen molar-refractivity contribution in [3.05, 3.63) is 0 Å². The molecule has 0 fully saturated rings. The predicted molar refractivity (Wildman–Crippen MR) is 119 cm³/mol. The topological polar surface area (TPSA) is 45.3 Å². The highest BCUT2D eigenvalue weighted by Gasteiger charge is 2.34. The minimum atomic E-state index is -0.929. The van der Waals surface area contributed by atoms with Gasteiger partial charge in [0.25, 0.3) is 0 Å². The fourth-order valence-corrected chi connectivity index (χ4v) is 5.93. The Morgan fingerprint density at radius 1 is 0.889 bits per heavy atom. The number of carbonyl (C=O) groups is 1. The van der Waals surface area contributed by atoms with Crippen LogP contribution >= 0.6 is 20.2 Å². The van der Waals surface area contributed by atoms with Crippen molar-refractivity contribution in [1.82, 2.24) is 14.2 Å². The van der Waals surface area contributed by atoms with Gasteiger partial charge in [-0.3, -0.25) is 4.79 Å². The van der Waals surface area contributed by atoms with Gasteiger partial charge in [-0.25, -0.2) is 9.34 Å². The molecule has 0 atom stereocenters. The van der Waals surface area contributed by atoms with Crippen molar-refractivity contribution in [2.45, 2.75) is 79.6 Å². The van der Waals surface area contributed by atoms with Crippen LogP contribution < -0.4 is 0 Å². The van der Waals surface area contributed by atoms with Crippen LogP contribution in [0.2, 0.25) is 0 Å². The van der Waals surface area contributed by atoms with Crippen LogP contribution in [-0.2, 0) is 14.1 Å². The predicted octanol–water partition coefficient (Wildman–Crippen LogP) is 4.26. The molecule has 0 amide bonds. The lowest BCUT2D eigenvalue weighted by Crippen LogP contribution is -2.43. The lowest BCUT2D eigenvalue weighted by molar-refractivity contribution is -0.111. The second kappa shape index (κ2) is 14.3. The lowest BCUT2D eigenvalue weighted by Gasteiger charge is -2.45. The molecule has 0 N–H and O–H groups in total. The molecule has 0 aliphatic carbocycles. The molecule has 0 aromatic heterocycles. The van der Waals surface area contributed by atoms with Gasteiger partial charge in [-0.05, 0) is 69.5 Å². The van der Waals surface area contributed by atoms with Crippen LogP contribution in [0.15, 0.2) is 0 Å². The van der Waals surface area contributed by atoms with E-state index in [1.807, 2.05) is 19.0 Å². The molecule has 0 radical (unpaired) electrons. The maximum atomic E-state index is 11.7. The molecular weight excluding hydrogens is 381 g/mol. The van der Waals surface area contributed by atoms with Gasteiger partial charge in [-0.15, -0.1) is 0 Å². The van der Waals surface area contributed by atoms with Crippen molar-refractivity contribution in [3.63, 3.8) is 0 Å². The van der Waals surface area contributed by atoms with Crippen LogP contribution in [-0.4, -0.2) is 83.3 Å². The summed E-state index contributed by atoms with van der Waals surface area (Å²) in [7, 11) is 2.87. The normalized spacial score (nSPS) is 13.0. The maximum Gasteiger partial charge on any atom is 0.202 e. The van der Waals surface area contributed by atoms with Gasteiger partial charge in [0.2, 0.25) is 5.12 Å². The molecular formula is C19H42N3O3PS. The van der Waals surface area contributed by atoms with E-state index in [1.54, 1.807) is 0 Å². The second-order valence-corrected chi connectivity index (χ2v) is 10.8. The van der Waals surface area contributed by atoms with Gasteiger partial charge >= 0.3 is 0 Å². The molecule has 8 heteroatoms. The van der Waals surface area contributed by atoms with E-state index in [2.05, 4.69) is 64.7 Å². The Bertz CT molecular complexity index is 374. The van der Waals surface area contributed by atoms with E-state index in [1.165, 1.54) is 11.8 Å². The number of nitrogens with zero attached hydrogens (tertiary/aromatic N) is 3. The Morgan fingerprint density at radius 2 is 1.33 bits per heavy atom. The van der Waals surface area contributed by atoms with Crippen LogP contribution in [0.1, 0.15) is 55.4 Å². The first-order valence-electron chi connectivity index (χ1n) is 9.86. The van der Waals surface area contributed by atoms with Crippen LogP contribution in [0.4, 0.5) is 0 Å². The number of hydrogen-bond donors (Lipinski definition) is 0. The molecule has 0 aliphatic heterocycles. The Hall–Kier alpha value is 0.250. The molecule has 0 saturated carbocycles. The summed E-state index contributed by atoms with van der Waals surface area (Å²) in [5.41, 5.74) is 0. The van der Waals surface area contributed by atoms with E-state index in [-0.39, 0.29) is 11.9 Å². The fraction of sp³-hybridized carbons (Fsp3) is 0.947. The minimum Gasteiger partial charge on any atom is -0.354 e. The largest absolute Gasteiger partial charge is 0.354 e. The van der Waals surface area contributed by atoms with Gasteiger partial charge in [0.15, 0.2) is 15.2 Å². The Morgan fingerprint density at radius 3 is 1.70 bits per heavy atom. The summed E-state index contributed by atoms with van der Waals surface area (Å²) in [6.45, 7) is 18.9. The highest BCUT2D eigenvalue weighted by molar-refractivity contribution is 8.13. The van der Waals surface area contributed by atoms with Crippen molar-refractivity contribution < 1.29 is 14.1 Å². The fourth-order valence-electron chi connectivity index (χ4n) is 2.90. The zero-order valence-corrected chi connectivity index (χ0v) is 20.8. The first-order chi connectivity index (χ1) is 12.5. The van der Waals surface area contributed by atoms with Crippen molar-refractivity contribution >= 4 is 25.3 Å². The monoisotopic (exact) mass is 423 g/mol. The molecule has 0 aromatic carbocycles. The first-order valence-corrected chi connectivity index (χ1v) is 12.0. The number of likely N-dealkylation sites (N-methyl/N-ethyl adjacent to an activating group) is 1. The lowest BCUT2D eigenvalue weighted by atomic mass is 10.3. The Balaban J connectivity index is 4.71. The van der Waals surface area contributed by atoms with Crippen LogP contribution in [0.3, 0.4) is 0 Å². The Kier molecular flexibility index (Phi) is 14.4. The summed E-state index contributed by atoms with van der Waals surface area (Å²) < 4.78 is 16.8. The molecule has 6 nitrogen and oxygen atoms in total. The van der Waals surface area contributed by atoms with Crippen molar-refractivity contribution in [1.29, 1.82) is 0 Å². The summed E-state index contributed by atoms with van der Waals surface area (Å²) in [6.07, 6.45) is 0. The summed E-state index contributed by atoms with van der Waals surface area (Å²) in [5, 5.41) is 0.170. The van der Waals surface area contributed by atoms with E-state index >= 15 is 0 Å². The smallest absolute Gasteiger partial charge is 0.202 e. The molecule has 0 spiro atoms. The summed E-state index contributed by atoms with van der Waals surface area (Å²) in [6, 6.07) is 1.54. The van der Waals surface area contributed by atoms with E-state index in [0.29, 0.717) is 43.1 Å². The van der Waals surface area contributed by atoms with Gasteiger partial charge in [0.1, 0.15) is 0 Å². The average Bonchev–Trinajstić information content (AvgIpc) is 2.48. The van der Waals surface area contributed by atoms with E-state index in [0.717, 1.165) is 0 Å². The molecule has 0 aliphatic rings. The standard InChI is InChI=1S/C19H42N3O3PS/c1-15(2)21(16(3)4)26(22(17(5)6)18(7)8)25-14-24-11-12-27-19(23)13-20(9)10/h15-18H,11-14H2,1-10H3. The molecule has 27 heavy (non-hydrogen) atoms. The van der Waals surface area contributed by atoms with Gasteiger partial charge in [-0.2, -0.15) is 0 Å². The van der Waals surface area contributed by atoms with Crippen LogP contribution in [0.5, 0.6) is 0 Å². The third kappa shape index (κ3) is 11.1. The zero-order valence-electron chi connectivity index (χ0n) is 19.1. The van der Waals surface area contributed by atoms with Crippen LogP contribution in [0, 0.1) is 0 Å². The number of ether oxygens (including phenoxy) is 1. The summed E-state index contributed by atoms with van der Waals surface area (Å²) in [4.78, 5) is 13.6. The van der Waals surface area contributed by atoms with Gasteiger partial charge < -0.3 is 14.2 Å². The number of carbonyl (C=O) groups excluding carboxylic acids is 1. The van der Waals surface area contributed by atoms with E-state index in [9.17, 15) is 4.79 Å². The molecule has 162 valence electrons. The number of rotatable bonds is 14. The van der Waals surface area contributed by atoms with Crippen molar-refractivity contribution in [3.8, 4) is 0 Å². The van der Waals surface area contributed by atoms with Gasteiger partial charge in [-0.1, -0.05) is 11.8 Å². The summed E-state index contributed by atoms with van der Waals surface area (Å²) >= 11 is 1.32. The average molecular weight is 424 g/mol. The summed E-state index contributed by atoms with van der Waals surface area (Å²) in [5.74, 6) is 0.657. The maximum absolute atomic E-state index is 11.7. The van der Waals surface area contributed by atoms with E-state index in [4.69, 9.17) is 9.26 Å². The van der Waals surface area contributed by atoms with Crippen LogP contribution in [0.25, 0.3) is 0 Å². The minimum absolute atomic E-state index is 0.170. The highest BCUT2D eigenvalue weighted by atomic mass is 32.2. The quantitative estimate of drug-likeness (QED) is 0.235. The molecule has 0 aromatic rings. The molecule has 0 saturated heterocycles. The van der Waals surface area contributed by atoms with Crippen molar-refractivity contribution in [2.24, 2.45) is 0 Å². The van der Waals surface area contributed by atoms with E-state index < -0.39 is 8.45 Å². The third-order valence-electron chi connectivity index (χ3n) is 3.70. The molecule has 0 bridgehead atoms. The number of thioether (sulfide) groups is 1. The molecule has 0 heterocycles. The highest BCUT2D eigenvalue weighted by Crippen LogP contribution is 2.50. The van der Waals surface area contributed by atoms with Gasteiger partial charge in [0, 0.05) is 29.9 Å². The molecule has 0 unspecified atom stereocenters.